The summed E-state index contributed by atoms with van der Waals surface area (Å²) in [4.78, 5) is 0. The number of nitrogens with zero attached hydrogens (tertiary/aromatic N) is 3. The van der Waals surface area contributed by atoms with Crippen LogP contribution in [0.1, 0.15) is 123 Å². The van der Waals surface area contributed by atoms with E-state index in [-0.39, 0.29) is 28.5 Å². The van der Waals surface area contributed by atoms with Crippen molar-refractivity contribution < 1.29 is 33.1 Å². The summed E-state index contributed by atoms with van der Waals surface area (Å²) in [5, 5.41) is 0. The van der Waals surface area contributed by atoms with Crippen molar-refractivity contribution >= 4 is 11.0 Å². The molecule has 1 spiro atoms. The molecule has 6 aromatic carbocycles. The van der Waals surface area contributed by atoms with Gasteiger partial charge in [0.05, 0.1) is 15.2 Å². The quantitative estimate of drug-likeness (QED) is 0.158. The van der Waals surface area contributed by atoms with Crippen LogP contribution in [-0.2, 0) is 28.5 Å². The van der Waals surface area contributed by atoms with Crippen LogP contribution in [0.25, 0.3) is 72.7 Å². The Hall–Kier alpha value is -6.26. The number of benzene rings is 6. The highest BCUT2D eigenvalue weighted by atomic mass is 16.5. The molecule has 1 atom stereocenters. The van der Waals surface area contributed by atoms with Gasteiger partial charge >= 0.3 is 11.7 Å². The maximum atomic E-state index is 10.3. The Kier molecular flexibility index (Phi) is 5.74. The molecule has 0 saturated carbocycles. The summed E-state index contributed by atoms with van der Waals surface area (Å²) in [6.07, 6.45) is 0.160. The summed E-state index contributed by atoms with van der Waals surface area (Å²) in [5.74, 6) is -1.51. The molecule has 3 aliphatic heterocycles. The Bertz CT molecular complexity index is 3850. The second-order valence-corrected chi connectivity index (χ2v) is 20.1. The van der Waals surface area contributed by atoms with Gasteiger partial charge in [0, 0.05) is 37.0 Å². The van der Waals surface area contributed by atoms with E-state index in [4.69, 9.17) is 19.8 Å². The predicted octanol–water partition coefficient (Wildman–Crippen LogP) is 13.9. The predicted molar refractivity (Wildman–Crippen MR) is 259 cm³/mol. The molecule has 5 heterocycles. The fourth-order valence-electron chi connectivity index (χ4n) is 9.94. The normalized spacial score (nSPS) is 19.5. The van der Waals surface area contributed by atoms with Gasteiger partial charge in [-0.2, -0.15) is 4.57 Å². The first-order valence-corrected chi connectivity index (χ1v) is 21.8. The van der Waals surface area contributed by atoms with E-state index in [1.807, 2.05) is 101 Å². The minimum absolute atomic E-state index is 0.0412. The molecule has 63 heavy (non-hydrogen) atoms. The van der Waals surface area contributed by atoms with Crippen molar-refractivity contribution in [3.8, 4) is 67.5 Å². The van der Waals surface area contributed by atoms with Crippen LogP contribution < -0.4 is 13.9 Å². The Morgan fingerprint density at radius 1 is 0.683 bits per heavy atom. The van der Waals surface area contributed by atoms with E-state index in [2.05, 4.69) is 48.7 Å². The summed E-state index contributed by atoms with van der Waals surface area (Å²) in [5.41, 5.74) is 4.63. The number of fused-ring (bicyclic) bond motifs is 5. The van der Waals surface area contributed by atoms with Crippen molar-refractivity contribution in [2.75, 3.05) is 0 Å². The first-order valence-electron chi connectivity index (χ1n) is 28.8. The number of hydrogen-bond acceptors (Lipinski definition) is 1. The number of rotatable bonds is 5. The van der Waals surface area contributed by atoms with Crippen molar-refractivity contribution in [1.82, 2.24) is 4.57 Å². The summed E-state index contributed by atoms with van der Waals surface area (Å²) in [6.45, 7) is 11.3. The summed E-state index contributed by atoms with van der Waals surface area (Å²) in [6, 6.07) is 25.6. The lowest BCUT2D eigenvalue weighted by atomic mass is 9.78. The highest BCUT2D eigenvalue weighted by molar-refractivity contribution is 5.98. The second-order valence-electron chi connectivity index (χ2n) is 20.1. The minimum Gasteiger partial charge on any atom is -0.392 e. The maximum Gasteiger partial charge on any atom is 0.499 e. The molecule has 4 heteroatoms. The molecule has 0 aliphatic carbocycles. The lowest BCUT2D eigenvalue weighted by Gasteiger charge is -2.36. The Balaban J connectivity index is 1.41. The molecule has 3 aliphatic rings. The van der Waals surface area contributed by atoms with E-state index in [1.54, 1.807) is 6.07 Å². The Labute approximate surface area is 393 Å². The third-order valence-corrected chi connectivity index (χ3v) is 12.9. The van der Waals surface area contributed by atoms with E-state index >= 15 is 0 Å². The van der Waals surface area contributed by atoms with Gasteiger partial charge in [0.25, 0.3) is 0 Å². The molecule has 0 bridgehead atoms. The molecule has 314 valence electrons. The molecule has 0 fully saturated rings. The van der Waals surface area contributed by atoms with E-state index in [9.17, 15) is 4.11 Å². The Morgan fingerprint density at radius 2 is 1.40 bits per heavy atom. The largest absolute Gasteiger partial charge is 0.499 e. The highest BCUT2D eigenvalue weighted by Gasteiger charge is 2.69. The van der Waals surface area contributed by atoms with E-state index in [0.29, 0.717) is 51.1 Å². The molecule has 8 aromatic rings. The van der Waals surface area contributed by atoms with Crippen LogP contribution in [0.4, 0.5) is 0 Å². The van der Waals surface area contributed by atoms with Crippen molar-refractivity contribution in [2.24, 2.45) is 5.92 Å². The third kappa shape index (κ3) is 5.79. The van der Waals surface area contributed by atoms with Crippen molar-refractivity contribution in [2.45, 2.75) is 105 Å². The van der Waals surface area contributed by atoms with Gasteiger partial charge < -0.3 is 4.74 Å². The number of aromatic nitrogens is 3. The number of pyridine rings is 1. The highest BCUT2D eigenvalue weighted by Crippen LogP contribution is 2.56. The first-order chi connectivity index (χ1) is 35.8. The maximum absolute atomic E-state index is 10.3. The summed E-state index contributed by atoms with van der Waals surface area (Å²) in [7, 11) is 0. The smallest absolute Gasteiger partial charge is 0.392 e. The summed E-state index contributed by atoms with van der Waals surface area (Å²) >= 11 is 0. The first kappa shape index (κ1) is 27.0. The van der Waals surface area contributed by atoms with Gasteiger partial charge in [-0.05, 0) is 116 Å². The standard InChI is InChI=1S/C59H59N3O/c1-36(2)29-40-30-43(25-26-44(40)38-21-16-13-17-22-38)61-50-24-18-23-45-46-32-41(56(3,4)5)33-47-51-31-39(37-19-14-12-15-20-37)27-28-60(51)59(52(46)47)62(53(45)50)55(61)48-34-42(57(6,7)8)35-49(54(48)63-59)58(9,10)11/h12-28,30-36H,29H2,1-11H3/q+2/i9D3,10D3,12D,14D,15D,19D,20D,27D,28D,31D. The van der Waals surface area contributed by atoms with Gasteiger partial charge in [0.1, 0.15) is 18.2 Å². The van der Waals surface area contributed by atoms with Gasteiger partial charge in [-0.25, -0.2) is 0 Å². The molecule has 2 aromatic heterocycles. The zero-order valence-electron chi connectivity index (χ0n) is 51.2. The number of ether oxygens (including phenoxy) is 1. The summed E-state index contributed by atoms with van der Waals surface area (Å²) < 4.78 is 143. The van der Waals surface area contributed by atoms with Crippen LogP contribution >= 0.6 is 0 Å². The van der Waals surface area contributed by atoms with E-state index in [0.717, 1.165) is 33.5 Å². The lowest BCUT2D eigenvalue weighted by molar-refractivity contribution is -0.997. The van der Waals surface area contributed by atoms with Gasteiger partial charge in [0.15, 0.2) is 23.0 Å². The lowest BCUT2D eigenvalue weighted by Crippen LogP contribution is -2.78. The topological polar surface area (TPSA) is 21.9 Å². The molecule has 4 nitrogen and oxygen atoms in total. The van der Waals surface area contributed by atoms with Crippen LogP contribution in [0.3, 0.4) is 0 Å². The number of imidazole rings is 1. The monoisotopic (exact) mass is 840 g/mol. The van der Waals surface area contributed by atoms with Gasteiger partial charge in [-0.15, -0.1) is 9.13 Å². The Morgan fingerprint density at radius 3 is 2.11 bits per heavy atom. The van der Waals surface area contributed by atoms with Crippen molar-refractivity contribution in [3.63, 3.8) is 0 Å². The van der Waals surface area contributed by atoms with Gasteiger partial charge in [-0.1, -0.05) is 149 Å². The molecular formula is C59H59N3O+2. The molecule has 1 unspecified atom stereocenters. The fraction of sp³-hybridized carbons (Fsp3) is 0.288. The molecule has 0 radical (unpaired) electrons. The van der Waals surface area contributed by atoms with Crippen LogP contribution in [-0.4, -0.2) is 4.57 Å². The average molecular weight is 840 g/mol. The van der Waals surface area contributed by atoms with E-state index in [1.165, 1.54) is 11.5 Å². The van der Waals surface area contributed by atoms with Crippen molar-refractivity contribution in [3.05, 3.63) is 167 Å². The average Bonchev–Trinajstić information content (AvgIpc) is 4.09. The molecular weight excluding hydrogens is 767 g/mol. The number of hydrogen-bond donors (Lipinski definition) is 0. The third-order valence-electron chi connectivity index (χ3n) is 12.9. The van der Waals surface area contributed by atoms with Crippen LogP contribution in [0.15, 0.2) is 139 Å². The zero-order valence-corrected chi connectivity index (χ0v) is 37.2. The SMILES string of the molecule is [2H]c1c([2H])c([2H])c(-c2c([2H])c([2H])[n+]3c(c2[2H])-c2cc(C(C)(C)C)cc4c2C32Oc3c(cc(C(C)(C)C)cc3C(C)(C([2H])([2H])[2H])C([2H])([2H])[2H])-c3n(-c5ccc(-c6ccccc6)c(CC(C)C)c5)c5cccc-4c5[n+]32)c([2H])c1[2H]. The molecule has 11 rings (SSSR count). The van der Waals surface area contributed by atoms with Crippen LogP contribution in [0.2, 0.25) is 0 Å². The molecule has 0 N–H and O–H groups in total. The molecule has 0 amide bonds. The van der Waals surface area contributed by atoms with Gasteiger partial charge in [-0.3, -0.25) is 0 Å². The zero-order chi connectivity index (χ0) is 55.9. The van der Waals surface area contributed by atoms with E-state index < -0.39 is 89.8 Å². The van der Waals surface area contributed by atoms with Gasteiger partial charge in [0.2, 0.25) is 5.69 Å². The fourth-order valence-corrected chi connectivity index (χ4v) is 9.94. The minimum atomic E-state index is -3.16. The van der Waals surface area contributed by atoms with Crippen LogP contribution in [0.5, 0.6) is 5.75 Å². The molecule has 0 saturated heterocycles. The number of para-hydroxylation sites is 1. The van der Waals surface area contributed by atoms with Crippen LogP contribution in [0, 0.1) is 5.92 Å². The second kappa shape index (κ2) is 13.4. The van der Waals surface area contributed by atoms with Crippen molar-refractivity contribution in [1.29, 1.82) is 0 Å².